The minimum atomic E-state index is 0.265. The first-order chi connectivity index (χ1) is 8.33. The number of hydrogen-bond donors (Lipinski definition) is 1. The summed E-state index contributed by atoms with van der Waals surface area (Å²) in [5, 5.41) is 0. The summed E-state index contributed by atoms with van der Waals surface area (Å²) in [5.74, 6) is 1.33. The van der Waals surface area contributed by atoms with Crippen LogP contribution in [0.3, 0.4) is 0 Å². The summed E-state index contributed by atoms with van der Waals surface area (Å²) in [6.45, 7) is 1.86. The third-order valence-corrected chi connectivity index (χ3v) is 3.03. The molecule has 2 aromatic heterocycles. The minimum absolute atomic E-state index is 0.265. The number of fused-ring (bicyclic) bond motifs is 1. The fraction of sp³-hybridized carbons (Fsp3) is 0.545. The van der Waals surface area contributed by atoms with Crippen LogP contribution in [0.4, 0.5) is 0 Å². The molecule has 0 bridgehead atoms. The van der Waals surface area contributed by atoms with Crippen molar-refractivity contribution in [1.29, 1.82) is 0 Å². The molecule has 5 nitrogen and oxygen atoms in total. The summed E-state index contributed by atoms with van der Waals surface area (Å²) >= 11 is 0. The Morgan fingerprint density at radius 1 is 1.35 bits per heavy atom. The predicted octanol–water partition coefficient (Wildman–Crippen LogP) is 1.74. The summed E-state index contributed by atoms with van der Waals surface area (Å²) in [6, 6.07) is 0. The van der Waals surface area contributed by atoms with Gasteiger partial charge in [0.05, 0.1) is 12.4 Å². The van der Waals surface area contributed by atoms with Crippen LogP contribution in [-0.2, 0) is 0 Å². The summed E-state index contributed by atoms with van der Waals surface area (Å²) in [4.78, 5) is 15.8. The van der Waals surface area contributed by atoms with Crippen LogP contribution in [0.2, 0.25) is 12.6 Å². The highest BCUT2D eigenvalue weighted by molar-refractivity contribution is 6.35. The standard InChI is InChI=1S/C11H14BN4O/c1-7-15-10-9(13-6-14-10)11(16-7)17-8-2-4-12-5-3-8/h6,8H,2-5H2,1H3,(H,13,14,15,16). The number of aromatic nitrogens is 4. The van der Waals surface area contributed by atoms with Crippen LogP contribution in [0.5, 0.6) is 5.88 Å². The maximum absolute atomic E-state index is 5.97. The zero-order chi connectivity index (χ0) is 11.7. The van der Waals surface area contributed by atoms with E-state index in [-0.39, 0.29) is 6.10 Å². The van der Waals surface area contributed by atoms with Gasteiger partial charge in [-0.3, -0.25) is 0 Å². The number of nitrogens with zero attached hydrogens (tertiary/aromatic N) is 3. The van der Waals surface area contributed by atoms with Gasteiger partial charge in [0, 0.05) is 0 Å². The molecule has 0 amide bonds. The molecule has 0 atom stereocenters. The maximum atomic E-state index is 5.97. The van der Waals surface area contributed by atoms with Crippen molar-refractivity contribution in [2.45, 2.75) is 38.5 Å². The SMILES string of the molecule is Cc1nc(OC2CC[B]CC2)c2[nH]cnc2n1. The number of aromatic amines is 1. The lowest BCUT2D eigenvalue weighted by Gasteiger charge is -2.22. The molecular weight excluding hydrogens is 215 g/mol. The minimum Gasteiger partial charge on any atom is -0.473 e. The molecule has 1 saturated heterocycles. The first-order valence-corrected chi connectivity index (χ1v) is 5.99. The lowest BCUT2D eigenvalue weighted by atomic mass is 9.63. The third-order valence-electron chi connectivity index (χ3n) is 3.03. The van der Waals surface area contributed by atoms with Gasteiger partial charge in [-0.15, -0.1) is 0 Å². The van der Waals surface area contributed by atoms with Gasteiger partial charge in [-0.05, 0) is 19.8 Å². The van der Waals surface area contributed by atoms with Crippen LogP contribution >= 0.6 is 0 Å². The van der Waals surface area contributed by atoms with Crippen LogP contribution in [0, 0.1) is 6.92 Å². The molecule has 17 heavy (non-hydrogen) atoms. The number of aryl methyl sites for hydroxylation is 1. The highest BCUT2D eigenvalue weighted by Gasteiger charge is 2.18. The molecule has 0 saturated carbocycles. The average molecular weight is 229 g/mol. The van der Waals surface area contributed by atoms with Gasteiger partial charge in [0.1, 0.15) is 18.6 Å². The Kier molecular flexibility index (Phi) is 2.70. The molecule has 6 heteroatoms. The molecular formula is C11H14BN4O. The summed E-state index contributed by atoms with van der Waals surface area (Å²) in [7, 11) is 2.32. The van der Waals surface area contributed by atoms with Crippen molar-refractivity contribution in [1.82, 2.24) is 19.9 Å². The van der Waals surface area contributed by atoms with Crippen molar-refractivity contribution in [2.75, 3.05) is 0 Å². The van der Waals surface area contributed by atoms with E-state index in [2.05, 4.69) is 27.2 Å². The van der Waals surface area contributed by atoms with Crippen molar-refractivity contribution in [2.24, 2.45) is 0 Å². The van der Waals surface area contributed by atoms with Crippen molar-refractivity contribution in [3.05, 3.63) is 12.2 Å². The van der Waals surface area contributed by atoms with Gasteiger partial charge < -0.3 is 9.72 Å². The van der Waals surface area contributed by atoms with E-state index in [9.17, 15) is 0 Å². The van der Waals surface area contributed by atoms with Crippen LogP contribution in [0.25, 0.3) is 11.2 Å². The third kappa shape index (κ3) is 2.11. The molecule has 0 aromatic carbocycles. The topological polar surface area (TPSA) is 63.7 Å². The fourth-order valence-corrected chi connectivity index (χ4v) is 2.17. The molecule has 3 heterocycles. The lowest BCUT2D eigenvalue weighted by molar-refractivity contribution is 0.182. The Morgan fingerprint density at radius 3 is 3.00 bits per heavy atom. The van der Waals surface area contributed by atoms with E-state index in [1.807, 2.05) is 6.92 Å². The van der Waals surface area contributed by atoms with E-state index in [1.54, 1.807) is 6.33 Å². The molecule has 2 aromatic rings. The molecule has 0 unspecified atom stereocenters. The lowest BCUT2D eigenvalue weighted by Crippen LogP contribution is -2.22. The van der Waals surface area contributed by atoms with Crippen molar-refractivity contribution >= 4 is 18.4 Å². The molecule has 1 aliphatic rings. The molecule has 87 valence electrons. The average Bonchev–Trinajstić information content (AvgIpc) is 2.78. The van der Waals surface area contributed by atoms with E-state index < -0.39 is 0 Å². The molecule has 1 aliphatic heterocycles. The number of imidazole rings is 1. The van der Waals surface area contributed by atoms with Crippen LogP contribution in [0.1, 0.15) is 18.7 Å². The first kappa shape index (κ1) is 10.6. The van der Waals surface area contributed by atoms with E-state index in [4.69, 9.17) is 4.74 Å². The van der Waals surface area contributed by atoms with E-state index in [0.717, 1.165) is 31.0 Å². The molecule has 1 N–H and O–H groups in total. The predicted molar refractivity (Wildman–Crippen MR) is 65.4 cm³/mol. The fourth-order valence-electron chi connectivity index (χ4n) is 2.17. The number of ether oxygens (including phenoxy) is 1. The summed E-state index contributed by atoms with van der Waals surface area (Å²) in [6.07, 6.45) is 6.28. The quantitative estimate of drug-likeness (QED) is 0.796. The van der Waals surface area contributed by atoms with Gasteiger partial charge in [0.2, 0.25) is 5.88 Å². The Morgan fingerprint density at radius 2 is 2.18 bits per heavy atom. The molecule has 0 spiro atoms. The molecule has 1 fully saturated rings. The number of rotatable bonds is 2. The van der Waals surface area contributed by atoms with Gasteiger partial charge in [-0.25, -0.2) is 9.97 Å². The Labute approximate surface area is 100 Å². The van der Waals surface area contributed by atoms with Gasteiger partial charge >= 0.3 is 0 Å². The smallest absolute Gasteiger partial charge is 0.243 e. The van der Waals surface area contributed by atoms with Gasteiger partial charge in [0.15, 0.2) is 5.65 Å². The monoisotopic (exact) mass is 229 g/mol. The zero-order valence-electron chi connectivity index (χ0n) is 9.81. The highest BCUT2D eigenvalue weighted by atomic mass is 16.5. The van der Waals surface area contributed by atoms with Crippen molar-refractivity contribution in [3.63, 3.8) is 0 Å². The van der Waals surface area contributed by atoms with Gasteiger partial charge in [-0.1, -0.05) is 12.6 Å². The Balaban J connectivity index is 1.90. The first-order valence-electron chi connectivity index (χ1n) is 5.99. The Hall–Kier alpha value is -1.59. The normalized spacial score (nSPS) is 17.0. The number of hydrogen-bond acceptors (Lipinski definition) is 4. The zero-order valence-corrected chi connectivity index (χ0v) is 9.81. The number of nitrogens with one attached hydrogen (secondary N) is 1. The highest BCUT2D eigenvalue weighted by Crippen LogP contribution is 2.24. The van der Waals surface area contributed by atoms with E-state index in [1.165, 1.54) is 0 Å². The van der Waals surface area contributed by atoms with Crippen molar-refractivity contribution < 1.29 is 4.74 Å². The second kappa shape index (κ2) is 4.35. The number of H-pyrrole nitrogens is 1. The van der Waals surface area contributed by atoms with Crippen LogP contribution in [-0.4, -0.2) is 33.3 Å². The summed E-state index contributed by atoms with van der Waals surface area (Å²) < 4.78 is 5.97. The van der Waals surface area contributed by atoms with Gasteiger partial charge in [-0.2, -0.15) is 4.98 Å². The van der Waals surface area contributed by atoms with E-state index in [0.29, 0.717) is 17.4 Å². The molecule has 1 radical (unpaired) electrons. The van der Waals surface area contributed by atoms with Gasteiger partial charge in [0.25, 0.3) is 0 Å². The Bertz CT molecular complexity index is 521. The molecule has 3 rings (SSSR count). The molecule has 0 aliphatic carbocycles. The second-order valence-electron chi connectivity index (χ2n) is 4.36. The second-order valence-corrected chi connectivity index (χ2v) is 4.36. The van der Waals surface area contributed by atoms with E-state index >= 15 is 0 Å². The largest absolute Gasteiger partial charge is 0.473 e. The van der Waals surface area contributed by atoms with Crippen LogP contribution in [0.15, 0.2) is 6.33 Å². The summed E-state index contributed by atoms with van der Waals surface area (Å²) in [5.41, 5.74) is 1.47. The maximum Gasteiger partial charge on any atom is 0.243 e. The van der Waals surface area contributed by atoms with Crippen LogP contribution < -0.4 is 4.74 Å². The van der Waals surface area contributed by atoms with Crippen molar-refractivity contribution in [3.8, 4) is 5.88 Å².